The molecule has 0 radical (unpaired) electrons. The maximum Gasteiger partial charge on any atom is 0.313 e. The minimum atomic E-state index is -1.68. The monoisotopic (exact) mass is 306 g/mol. The third-order valence-electron chi connectivity index (χ3n) is 3.50. The van der Waals surface area contributed by atoms with Crippen molar-refractivity contribution in [1.29, 1.82) is 0 Å². The number of benzene rings is 1. The second-order valence-electron chi connectivity index (χ2n) is 5.20. The Morgan fingerprint density at radius 1 is 1.14 bits per heavy atom. The summed E-state index contributed by atoms with van der Waals surface area (Å²) in [6.07, 6.45) is -0.497. The minimum Gasteiger partial charge on any atom is -0.460 e. The molecule has 120 valence electrons. The van der Waals surface area contributed by atoms with Gasteiger partial charge in [-0.1, -0.05) is 44.2 Å². The Hall–Kier alpha value is -2.01. The fourth-order valence-electron chi connectivity index (χ4n) is 2.09. The summed E-state index contributed by atoms with van der Waals surface area (Å²) in [6.45, 7) is 3.36. The van der Waals surface area contributed by atoms with Crippen molar-refractivity contribution in [2.75, 3.05) is 0 Å². The van der Waals surface area contributed by atoms with Gasteiger partial charge in [-0.25, -0.2) is 0 Å². The summed E-state index contributed by atoms with van der Waals surface area (Å²) in [5, 5.41) is 10.2. The third kappa shape index (κ3) is 5.41. The number of aliphatic hydroxyl groups is 1. The average molecular weight is 306 g/mol. The van der Waals surface area contributed by atoms with Gasteiger partial charge in [0.2, 0.25) is 0 Å². The van der Waals surface area contributed by atoms with Gasteiger partial charge in [0.25, 0.3) is 0 Å². The van der Waals surface area contributed by atoms with Crippen molar-refractivity contribution in [3.8, 4) is 0 Å². The zero-order valence-electron chi connectivity index (χ0n) is 13.0. The first-order chi connectivity index (χ1) is 10.4. The van der Waals surface area contributed by atoms with E-state index < -0.39 is 23.8 Å². The number of ketones is 2. The Morgan fingerprint density at radius 2 is 1.77 bits per heavy atom. The van der Waals surface area contributed by atoms with Crippen LogP contribution in [0, 0.1) is 0 Å². The number of hydrogen-bond donors (Lipinski definition) is 1. The Bertz CT molecular complexity index is 523. The Morgan fingerprint density at radius 3 is 2.32 bits per heavy atom. The van der Waals surface area contributed by atoms with E-state index in [1.807, 2.05) is 30.3 Å². The molecule has 1 unspecified atom stereocenters. The van der Waals surface area contributed by atoms with Crippen LogP contribution in [0.5, 0.6) is 0 Å². The molecule has 1 aromatic carbocycles. The summed E-state index contributed by atoms with van der Waals surface area (Å²) in [5.41, 5.74) is -0.847. The lowest BCUT2D eigenvalue weighted by Crippen LogP contribution is -2.40. The average Bonchev–Trinajstić information content (AvgIpc) is 2.52. The van der Waals surface area contributed by atoms with Gasteiger partial charge in [0, 0.05) is 12.8 Å². The maximum absolute atomic E-state index is 11.8. The van der Waals surface area contributed by atoms with Gasteiger partial charge in [-0.3, -0.25) is 14.4 Å². The highest BCUT2D eigenvalue weighted by molar-refractivity contribution is 5.99. The Kier molecular flexibility index (Phi) is 6.92. The molecule has 5 nitrogen and oxygen atoms in total. The summed E-state index contributed by atoms with van der Waals surface area (Å²) in [7, 11) is 0. The van der Waals surface area contributed by atoms with Gasteiger partial charge in [-0.15, -0.1) is 0 Å². The van der Waals surface area contributed by atoms with Gasteiger partial charge in [-0.05, 0) is 12.0 Å². The molecule has 1 rings (SSSR count). The van der Waals surface area contributed by atoms with E-state index in [-0.39, 0.29) is 31.7 Å². The van der Waals surface area contributed by atoms with Crippen molar-refractivity contribution in [3.05, 3.63) is 35.9 Å². The fourth-order valence-corrected chi connectivity index (χ4v) is 2.09. The first-order valence-electron chi connectivity index (χ1n) is 7.38. The summed E-state index contributed by atoms with van der Waals surface area (Å²) in [4.78, 5) is 35.2. The van der Waals surface area contributed by atoms with E-state index in [9.17, 15) is 19.5 Å². The van der Waals surface area contributed by atoms with Crippen molar-refractivity contribution >= 4 is 17.5 Å². The molecular weight excluding hydrogens is 284 g/mol. The lowest BCUT2D eigenvalue weighted by molar-refractivity contribution is -0.150. The quantitative estimate of drug-likeness (QED) is 0.559. The molecule has 0 aliphatic rings. The first kappa shape index (κ1) is 18.0. The molecular formula is C17H22O5. The molecule has 22 heavy (non-hydrogen) atoms. The molecule has 1 aromatic rings. The predicted octanol–water partition coefficient (Wildman–Crippen LogP) is 2.20. The molecule has 1 N–H and O–H groups in total. The van der Waals surface area contributed by atoms with Crippen LogP contribution in [0.1, 0.15) is 45.1 Å². The van der Waals surface area contributed by atoms with E-state index in [2.05, 4.69) is 0 Å². The fraction of sp³-hybridized carbons (Fsp3) is 0.471. The minimum absolute atomic E-state index is 0.0961. The summed E-state index contributed by atoms with van der Waals surface area (Å²) in [6, 6.07) is 9.12. The van der Waals surface area contributed by atoms with Crippen LogP contribution in [-0.4, -0.2) is 28.2 Å². The number of Topliss-reactive ketones (excluding diaryl/α,β-unsaturated/α-hetero) is 2. The zero-order chi connectivity index (χ0) is 16.6. The molecule has 0 heterocycles. The van der Waals surface area contributed by atoms with Crippen LogP contribution in [0.3, 0.4) is 0 Å². The van der Waals surface area contributed by atoms with Gasteiger partial charge >= 0.3 is 5.97 Å². The van der Waals surface area contributed by atoms with Crippen molar-refractivity contribution in [3.63, 3.8) is 0 Å². The Balaban J connectivity index is 2.47. The highest BCUT2D eigenvalue weighted by Gasteiger charge is 2.35. The topological polar surface area (TPSA) is 80.7 Å². The molecule has 0 bridgehead atoms. The van der Waals surface area contributed by atoms with Crippen LogP contribution in [0.25, 0.3) is 0 Å². The zero-order valence-corrected chi connectivity index (χ0v) is 13.0. The van der Waals surface area contributed by atoms with E-state index in [1.54, 1.807) is 13.8 Å². The SMILES string of the molecule is CCC(=O)C(O)(CC)CC(=O)CC(=O)OCc1ccccc1. The lowest BCUT2D eigenvalue weighted by Gasteiger charge is -2.23. The van der Waals surface area contributed by atoms with E-state index >= 15 is 0 Å². The molecule has 0 spiro atoms. The van der Waals surface area contributed by atoms with Crippen molar-refractivity contribution in [2.24, 2.45) is 0 Å². The molecule has 0 amide bonds. The molecule has 1 atom stereocenters. The van der Waals surface area contributed by atoms with Gasteiger partial charge in [-0.2, -0.15) is 0 Å². The number of hydrogen-bond acceptors (Lipinski definition) is 5. The van der Waals surface area contributed by atoms with E-state index in [4.69, 9.17) is 4.74 Å². The van der Waals surface area contributed by atoms with E-state index in [0.29, 0.717) is 0 Å². The van der Waals surface area contributed by atoms with Crippen LogP contribution in [-0.2, 0) is 25.7 Å². The lowest BCUT2D eigenvalue weighted by atomic mass is 9.87. The van der Waals surface area contributed by atoms with Gasteiger partial charge in [0.1, 0.15) is 24.4 Å². The molecule has 0 aliphatic heterocycles. The molecule has 0 fully saturated rings. The molecule has 0 aromatic heterocycles. The second-order valence-corrected chi connectivity index (χ2v) is 5.20. The first-order valence-corrected chi connectivity index (χ1v) is 7.38. The standard InChI is InChI=1S/C17H22O5/c1-3-15(19)17(21,4-2)11-14(18)10-16(20)22-12-13-8-6-5-7-9-13/h5-9,21H,3-4,10-12H2,1-2H3. The molecule has 0 saturated heterocycles. The second kappa shape index (κ2) is 8.44. The molecule has 0 aliphatic carbocycles. The van der Waals surface area contributed by atoms with Crippen molar-refractivity contribution in [1.82, 2.24) is 0 Å². The van der Waals surface area contributed by atoms with Crippen LogP contribution in [0.2, 0.25) is 0 Å². The smallest absolute Gasteiger partial charge is 0.313 e. The van der Waals surface area contributed by atoms with E-state index in [0.717, 1.165) is 5.56 Å². The van der Waals surface area contributed by atoms with Crippen LogP contribution < -0.4 is 0 Å². The van der Waals surface area contributed by atoms with Crippen LogP contribution in [0.4, 0.5) is 0 Å². The number of carbonyl (C=O) groups is 3. The number of esters is 1. The largest absolute Gasteiger partial charge is 0.460 e. The highest BCUT2D eigenvalue weighted by Crippen LogP contribution is 2.19. The highest BCUT2D eigenvalue weighted by atomic mass is 16.5. The predicted molar refractivity (Wildman–Crippen MR) is 81.0 cm³/mol. The van der Waals surface area contributed by atoms with Gasteiger partial charge in [0.15, 0.2) is 5.78 Å². The van der Waals surface area contributed by atoms with Crippen LogP contribution in [0.15, 0.2) is 30.3 Å². The summed E-state index contributed by atoms with van der Waals surface area (Å²) in [5.74, 6) is -1.54. The van der Waals surface area contributed by atoms with Crippen molar-refractivity contribution in [2.45, 2.75) is 51.7 Å². The molecule has 5 heteroatoms. The number of ether oxygens (including phenoxy) is 1. The number of rotatable bonds is 9. The van der Waals surface area contributed by atoms with Crippen molar-refractivity contribution < 1.29 is 24.2 Å². The van der Waals surface area contributed by atoms with Gasteiger partial charge in [0.05, 0.1) is 0 Å². The van der Waals surface area contributed by atoms with E-state index in [1.165, 1.54) is 0 Å². The summed E-state index contributed by atoms with van der Waals surface area (Å²) < 4.78 is 5.01. The Labute approximate surface area is 130 Å². The third-order valence-corrected chi connectivity index (χ3v) is 3.50. The molecule has 0 saturated carbocycles. The normalized spacial score (nSPS) is 13.2. The van der Waals surface area contributed by atoms with Gasteiger partial charge < -0.3 is 9.84 Å². The number of carbonyl (C=O) groups excluding carboxylic acids is 3. The summed E-state index contributed by atoms with van der Waals surface area (Å²) >= 11 is 0. The van der Waals surface area contributed by atoms with Crippen LogP contribution >= 0.6 is 0 Å². The maximum atomic E-state index is 11.8.